The molecule has 28 heavy (non-hydrogen) atoms. The number of ketones is 1. The van der Waals surface area contributed by atoms with Gasteiger partial charge in [-0.05, 0) is 44.0 Å². The van der Waals surface area contributed by atoms with Crippen LogP contribution in [-0.2, 0) is 10.0 Å². The van der Waals surface area contributed by atoms with E-state index in [4.69, 9.17) is 0 Å². The maximum atomic E-state index is 12.5. The smallest absolute Gasteiger partial charge is 0.293 e. The molecule has 2 aromatic rings. The van der Waals surface area contributed by atoms with Gasteiger partial charge in [-0.2, -0.15) is 0 Å². The van der Waals surface area contributed by atoms with E-state index in [0.29, 0.717) is 37.2 Å². The normalized spacial score (nSPS) is 15.4. The monoisotopic (exact) mass is 403 g/mol. The van der Waals surface area contributed by atoms with Gasteiger partial charge in [-0.15, -0.1) is 0 Å². The second-order valence-corrected chi connectivity index (χ2v) is 8.43. The molecule has 3 rings (SSSR count). The quantitative estimate of drug-likeness (QED) is 0.451. The van der Waals surface area contributed by atoms with Crippen LogP contribution in [0, 0.1) is 10.1 Å². The molecule has 0 spiro atoms. The average Bonchev–Trinajstić information content (AvgIpc) is 2.68. The Hall–Kier alpha value is -2.78. The summed E-state index contributed by atoms with van der Waals surface area (Å²) in [6.45, 7) is 2.31. The summed E-state index contributed by atoms with van der Waals surface area (Å²) in [6.07, 6.45) is 1.05. The molecule has 1 fully saturated rings. The van der Waals surface area contributed by atoms with E-state index in [2.05, 4.69) is 4.72 Å². The molecule has 0 unspecified atom stereocenters. The van der Waals surface area contributed by atoms with E-state index in [1.165, 1.54) is 25.1 Å². The molecule has 8 nitrogen and oxygen atoms in total. The molecule has 0 saturated carbocycles. The lowest BCUT2D eigenvalue weighted by atomic mass is 10.0. The van der Waals surface area contributed by atoms with Gasteiger partial charge in [0.25, 0.3) is 5.69 Å². The van der Waals surface area contributed by atoms with Gasteiger partial charge in [0.2, 0.25) is 10.0 Å². The zero-order chi connectivity index (χ0) is 20.3. The first-order valence-electron chi connectivity index (χ1n) is 8.89. The third-order valence-corrected chi connectivity index (χ3v) is 6.33. The zero-order valence-corrected chi connectivity index (χ0v) is 16.2. The van der Waals surface area contributed by atoms with Crippen molar-refractivity contribution in [1.29, 1.82) is 0 Å². The number of anilines is 1. The molecule has 1 aliphatic heterocycles. The number of nitrogens with zero attached hydrogens (tertiary/aromatic N) is 2. The summed E-state index contributed by atoms with van der Waals surface area (Å²) in [5.74, 6) is -0.233. The van der Waals surface area contributed by atoms with Crippen LogP contribution in [0.2, 0.25) is 0 Å². The van der Waals surface area contributed by atoms with Gasteiger partial charge in [-0.3, -0.25) is 14.9 Å². The summed E-state index contributed by atoms with van der Waals surface area (Å²) in [5.41, 5.74) is 0.622. The lowest BCUT2D eigenvalue weighted by Crippen LogP contribution is -2.44. The number of sulfonamides is 1. The number of hydrogen-bond donors (Lipinski definition) is 1. The van der Waals surface area contributed by atoms with E-state index in [1.807, 2.05) is 4.90 Å². The van der Waals surface area contributed by atoms with E-state index in [9.17, 15) is 23.3 Å². The highest BCUT2D eigenvalue weighted by Gasteiger charge is 2.28. The number of carbonyl (C=O) groups is 1. The van der Waals surface area contributed by atoms with Gasteiger partial charge in [-0.25, -0.2) is 13.1 Å². The maximum absolute atomic E-state index is 12.5. The maximum Gasteiger partial charge on any atom is 0.293 e. The third-order valence-electron chi connectivity index (χ3n) is 4.79. The number of nitro benzene ring substituents is 1. The van der Waals surface area contributed by atoms with Crippen LogP contribution in [0.4, 0.5) is 11.4 Å². The number of nitrogens with one attached hydrogen (secondary N) is 1. The highest BCUT2D eigenvalue weighted by atomic mass is 32.2. The van der Waals surface area contributed by atoms with Crippen molar-refractivity contribution in [3.05, 3.63) is 64.2 Å². The first-order valence-corrected chi connectivity index (χ1v) is 10.4. The third kappa shape index (κ3) is 4.37. The van der Waals surface area contributed by atoms with Crippen molar-refractivity contribution in [3.8, 4) is 0 Å². The van der Waals surface area contributed by atoms with Crippen LogP contribution in [0.3, 0.4) is 0 Å². The molecule has 2 aromatic carbocycles. The molecule has 1 heterocycles. The van der Waals surface area contributed by atoms with Crippen molar-refractivity contribution in [2.24, 2.45) is 0 Å². The minimum Gasteiger partial charge on any atom is -0.366 e. The molecule has 0 aliphatic carbocycles. The lowest BCUT2D eigenvalue weighted by Gasteiger charge is -2.33. The number of piperidine rings is 1. The highest BCUT2D eigenvalue weighted by Crippen LogP contribution is 2.31. The minimum atomic E-state index is -3.59. The van der Waals surface area contributed by atoms with Crippen LogP contribution < -0.4 is 9.62 Å². The molecule has 1 N–H and O–H groups in total. The summed E-state index contributed by atoms with van der Waals surface area (Å²) < 4.78 is 27.6. The number of benzene rings is 2. The van der Waals surface area contributed by atoms with Crippen molar-refractivity contribution in [1.82, 2.24) is 4.72 Å². The lowest BCUT2D eigenvalue weighted by molar-refractivity contribution is -0.384. The Morgan fingerprint density at radius 3 is 2.36 bits per heavy atom. The Kier molecular flexibility index (Phi) is 5.76. The Morgan fingerprint density at radius 1 is 1.14 bits per heavy atom. The molecular formula is C19H21N3O5S. The fourth-order valence-corrected chi connectivity index (χ4v) is 4.61. The second kappa shape index (κ2) is 8.07. The SMILES string of the molecule is CC(=O)c1ccc(N2CCC(NS(=O)(=O)c3ccccc3)CC2)c([N+](=O)[O-])c1. The molecule has 9 heteroatoms. The van der Waals surface area contributed by atoms with Gasteiger partial charge in [0, 0.05) is 30.8 Å². The van der Waals surface area contributed by atoms with Gasteiger partial charge >= 0.3 is 0 Å². The van der Waals surface area contributed by atoms with Crippen LogP contribution in [0.25, 0.3) is 0 Å². The fraction of sp³-hybridized carbons (Fsp3) is 0.316. The molecule has 1 aliphatic rings. The Bertz CT molecular complexity index is 984. The van der Waals surface area contributed by atoms with Crippen molar-refractivity contribution < 1.29 is 18.1 Å². The summed E-state index contributed by atoms with van der Waals surface area (Å²) in [7, 11) is -3.59. The molecule has 0 atom stereocenters. The molecular weight excluding hydrogens is 382 g/mol. The Labute approximate surface area is 163 Å². The first kappa shape index (κ1) is 20.0. The van der Waals surface area contributed by atoms with Gasteiger partial charge in [0.1, 0.15) is 5.69 Å². The van der Waals surface area contributed by atoms with E-state index >= 15 is 0 Å². The topological polar surface area (TPSA) is 110 Å². The average molecular weight is 403 g/mol. The molecule has 1 saturated heterocycles. The molecule has 0 bridgehead atoms. The van der Waals surface area contributed by atoms with E-state index in [0.717, 1.165) is 0 Å². The number of rotatable bonds is 6. The minimum absolute atomic E-state index is 0.115. The van der Waals surface area contributed by atoms with Crippen LogP contribution in [-0.4, -0.2) is 38.3 Å². The number of nitro groups is 1. The molecule has 148 valence electrons. The molecule has 0 amide bonds. The van der Waals surface area contributed by atoms with E-state index < -0.39 is 14.9 Å². The fourth-order valence-electron chi connectivity index (χ4n) is 3.28. The van der Waals surface area contributed by atoms with Crippen LogP contribution >= 0.6 is 0 Å². The summed E-state index contributed by atoms with van der Waals surface area (Å²) in [5, 5.41) is 11.4. The van der Waals surface area contributed by atoms with Gasteiger partial charge in [0.05, 0.1) is 9.82 Å². The van der Waals surface area contributed by atoms with Crippen molar-refractivity contribution in [3.63, 3.8) is 0 Å². The number of carbonyl (C=O) groups excluding carboxylic acids is 1. The van der Waals surface area contributed by atoms with Crippen LogP contribution in [0.15, 0.2) is 53.4 Å². The largest absolute Gasteiger partial charge is 0.366 e. The Balaban J connectivity index is 1.71. The van der Waals surface area contributed by atoms with Crippen molar-refractivity contribution >= 4 is 27.2 Å². The van der Waals surface area contributed by atoms with Crippen LogP contribution in [0.5, 0.6) is 0 Å². The van der Waals surface area contributed by atoms with Crippen molar-refractivity contribution in [2.45, 2.75) is 30.7 Å². The van der Waals surface area contributed by atoms with Gasteiger partial charge in [-0.1, -0.05) is 18.2 Å². The first-order chi connectivity index (χ1) is 13.3. The standard InChI is InChI=1S/C19H21N3O5S/c1-14(23)15-7-8-18(19(13-15)22(24)25)21-11-9-16(10-12-21)20-28(26,27)17-5-3-2-4-6-17/h2-8,13,16,20H,9-12H2,1H3. The number of hydrogen-bond acceptors (Lipinski definition) is 6. The predicted octanol–water partition coefficient (Wildman–Crippen LogP) is 2.74. The second-order valence-electron chi connectivity index (χ2n) is 6.71. The summed E-state index contributed by atoms with van der Waals surface area (Å²) in [4.78, 5) is 24.5. The number of Topliss-reactive ketones (excluding diaryl/α,β-unsaturated/α-hetero) is 1. The molecule has 0 aromatic heterocycles. The Morgan fingerprint density at radius 2 is 1.79 bits per heavy atom. The highest BCUT2D eigenvalue weighted by molar-refractivity contribution is 7.89. The molecule has 0 radical (unpaired) electrons. The van der Waals surface area contributed by atoms with Gasteiger partial charge in [0.15, 0.2) is 5.78 Å². The summed E-state index contributed by atoms with van der Waals surface area (Å²) in [6, 6.07) is 12.4. The van der Waals surface area contributed by atoms with E-state index in [-0.39, 0.29) is 22.4 Å². The predicted molar refractivity (Wildman–Crippen MR) is 105 cm³/mol. The van der Waals surface area contributed by atoms with Crippen molar-refractivity contribution in [2.75, 3.05) is 18.0 Å². The van der Waals surface area contributed by atoms with E-state index in [1.54, 1.807) is 30.3 Å². The summed E-state index contributed by atoms with van der Waals surface area (Å²) >= 11 is 0. The zero-order valence-electron chi connectivity index (χ0n) is 15.4. The van der Waals surface area contributed by atoms with Crippen LogP contribution in [0.1, 0.15) is 30.1 Å². The van der Waals surface area contributed by atoms with Gasteiger partial charge < -0.3 is 4.90 Å².